The number of thiophene rings is 1. The molecule has 9 heteroatoms. The van der Waals surface area contributed by atoms with Gasteiger partial charge in [0, 0.05) is 4.88 Å². The number of benzene rings is 1. The van der Waals surface area contributed by atoms with Crippen molar-refractivity contribution < 1.29 is 27.7 Å². The highest BCUT2D eigenvalue weighted by atomic mass is 32.1. The normalized spacial score (nSPS) is 11.8. The van der Waals surface area contributed by atoms with E-state index in [2.05, 4.69) is 10.6 Å². The Kier molecular flexibility index (Phi) is 7.16. The number of halogens is 3. The third kappa shape index (κ3) is 5.57. The molecule has 5 nitrogen and oxygen atoms in total. The maximum absolute atomic E-state index is 13.6. The Morgan fingerprint density at radius 3 is 2.46 bits per heavy atom. The highest BCUT2D eigenvalue weighted by Gasteiger charge is 2.19. The molecular weight excluding hydrogens is 367 g/mol. The van der Waals surface area contributed by atoms with Crippen LogP contribution in [0.2, 0.25) is 0 Å². The first-order valence-electron chi connectivity index (χ1n) is 7.96. The molecule has 0 aliphatic rings. The second kappa shape index (κ2) is 9.35. The summed E-state index contributed by atoms with van der Waals surface area (Å²) in [5, 5.41) is 6.87. The lowest BCUT2D eigenvalue weighted by atomic mass is 10.2. The molecule has 0 saturated heterocycles. The number of likely N-dealkylation sites (N-methyl/N-ethyl adjacent to an activating group) is 1. The summed E-state index contributed by atoms with van der Waals surface area (Å²) in [4.78, 5) is 25.6. The molecule has 1 unspecified atom stereocenters. The zero-order valence-electron chi connectivity index (χ0n) is 14.1. The fourth-order valence-electron chi connectivity index (χ4n) is 2.24. The maximum atomic E-state index is 13.6. The molecule has 140 valence electrons. The van der Waals surface area contributed by atoms with E-state index in [1.165, 1.54) is 11.3 Å². The van der Waals surface area contributed by atoms with Gasteiger partial charge < -0.3 is 15.5 Å². The Hall–Kier alpha value is -2.39. The van der Waals surface area contributed by atoms with E-state index in [0.717, 1.165) is 17.0 Å². The number of quaternary nitrogens is 1. The lowest BCUT2D eigenvalue weighted by molar-refractivity contribution is -0.881. The number of hydrogen-bond acceptors (Lipinski definition) is 3. The van der Waals surface area contributed by atoms with Crippen LogP contribution in [0, 0.1) is 17.5 Å². The number of rotatable bonds is 8. The van der Waals surface area contributed by atoms with Gasteiger partial charge in [0.05, 0.1) is 18.8 Å². The average molecular weight is 386 g/mol. The largest absolute Gasteiger partial charge is 0.346 e. The standard InChI is InChI=1S/C17H18F3N3O2S/c1-2-23(9-14(24)21-8-11-4-3-7-26-11)10-15(25)22-13-6-5-12(18)16(19)17(13)20/h3-7H,2,8-10H2,1H3,(H,21,24)(H,22,25)/p+1. The Labute approximate surface area is 152 Å². The minimum Gasteiger partial charge on any atom is -0.346 e. The van der Waals surface area contributed by atoms with Gasteiger partial charge in [0.1, 0.15) is 0 Å². The van der Waals surface area contributed by atoms with Crippen LogP contribution in [0.25, 0.3) is 0 Å². The lowest BCUT2D eigenvalue weighted by Crippen LogP contribution is -3.14. The van der Waals surface area contributed by atoms with E-state index >= 15 is 0 Å². The van der Waals surface area contributed by atoms with Gasteiger partial charge in [-0.25, -0.2) is 13.2 Å². The van der Waals surface area contributed by atoms with Crippen molar-refractivity contribution >= 4 is 28.8 Å². The van der Waals surface area contributed by atoms with Gasteiger partial charge >= 0.3 is 0 Å². The van der Waals surface area contributed by atoms with E-state index in [0.29, 0.717) is 18.0 Å². The highest BCUT2D eigenvalue weighted by Crippen LogP contribution is 2.19. The number of carbonyl (C=O) groups excluding carboxylic acids is 2. The van der Waals surface area contributed by atoms with Crippen LogP contribution in [0.4, 0.5) is 18.9 Å². The number of carbonyl (C=O) groups is 2. The van der Waals surface area contributed by atoms with Crippen LogP contribution >= 0.6 is 11.3 Å². The number of hydrogen-bond donors (Lipinski definition) is 3. The predicted octanol–water partition coefficient (Wildman–Crippen LogP) is 1.33. The molecule has 0 bridgehead atoms. The van der Waals surface area contributed by atoms with Crippen molar-refractivity contribution in [2.24, 2.45) is 0 Å². The van der Waals surface area contributed by atoms with Gasteiger partial charge in [-0.15, -0.1) is 11.3 Å². The SMILES string of the molecule is CC[NH+](CC(=O)NCc1cccs1)CC(=O)Nc1ccc(F)c(F)c1F. The molecule has 2 amide bonds. The second-order valence-electron chi connectivity index (χ2n) is 5.58. The van der Waals surface area contributed by atoms with Gasteiger partial charge in [-0.1, -0.05) is 6.07 Å². The van der Waals surface area contributed by atoms with Crippen LogP contribution in [-0.4, -0.2) is 31.4 Å². The summed E-state index contributed by atoms with van der Waals surface area (Å²) < 4.78 is 39.7. The summed E-state index contributed by atoms with van der Waals surface area (Å²) in [6.07, 6.45) is 0. The average Bonchev–Trinajstić information content (AvgIpc) is 3.13. The second-order valence-corrected chi connectivity index (χ2v) is 6.62. The Bertz CT molecular complexity index is 769. The quantitative estimate of drug-likeness (QED) is 0.600. The van der Waals surface area contributed by atoms with E-state index < -0.39 is 29.0 Å². The van der Waals surface area contributed by atoms with Gasteiger partial charge in [-0.3, -0.25) is 9.59 Å². The molecule has 0 spiro atoms. The highest BCUT2D eigenvalue weighted by molar-refractivity contribution is 7.09. The van der Waals surface area contributed by atoms with Crippen molar-refractivity contribution in [3.05, 3.63) is 52.0 Å². The fourth-order valence-corrected chi connectivity index (χ4v) is 2.89. The minimum atomic E-state index is -1.64. The van der Waals surface area contributed by atoms with E-state index in [4.69, 9.17) is 0 Å². The van der Waals surface area contributed by atoms with Crippen molar-refractivity contribution in [1.29, 1.82) is 0 Å². The molecule has 2 rings (SSSR count). The van der Waals surface area contributed by atoms with Crippen LogP contribution in [0.1, 0.15) is 11.8 Å². The topological polar surface area (TPSA) is 62.6 Å². The Balaban J connectivity index is 1.85. The third-order valence-corrected chi connectivity index (χ3v) is 4.55. The molecule has 1 atom stereocenters. The monoisotopic (exact) mass is 386 g/mol. The zero-order valence-corrected chi connectivity index (χ0v) is 14.9. The van der Waals surface area contributed by atoms with Crippen LogP contribution in [0.15, 0.2) is 29.6 Å². The first kappa shape index (κ1) is 19.9. The van der Waals surface area contributed by atoms with Crippen molar-refractivity contribution in [2.75, 3.05) is 25.0 Å². The summed E-state index contributed by atoms with van der Waals surface area (Å²) in [6, 6.07) is 5.47. The zero-order chi connectivity index (χ0) is 19.1. The third-order valence-electron chi connectivity index (χ3n) is 3.67. The van der Waals surface area contributed by atoms with E-state index in [9.17, 15) is 22.8 Å². The fraction of sp³-hybridized carbons (Fsp3) is 0.294. The van der Waals surface area contributed by atoms with Gasteiger partial charge in [0.25, 0.3) is 11.8 Å². The number of amides is 2. The molecule has 1 heterocycles. The maximum Gasteiger partial charge on any atom is 0.279 e. The summed E-state index contributed by atoms with van der Waals surface area (Å²) >= 11 is 1.53. The van der Waals surface area contributed by atoms with E-state index in [1.54, 1.807) is 6.92 Å². The molecular formula is C17H19F3N3O2S+. The molecule has 0 saturated carbocycles. The Morgan fingerprint density at radius 2 is 1.81 bits per heavy atom. The van der Waals surface area contributed by atoms with Crippen LogP contribution in [-0.2, 0) is 16.1 Å². The van der Waals surface area contributed by atoms with Crippen LogP contribution in [0.5, 0.6) is 0 Å². The first-order valence-corrected chi connectivity index (χ1v) is 8.84. The molecule has 1 aromatic heterocycles. The molecule has 26 heavy (non-hydrogen) atoms. The van der Waals surface area contributed by atoms with Crippen molar-refractivity contribution in [1.82, 2.24) is 5.32 Å². The van der Waals surface area contributed by atoms with Crippen molar-refractivity contribution in [3.63, 3.8) is 0 Å². The molecule has 2 aromatic rings. The molecule has 0 fully saturated rings. The molecule has 0 aliphatic heterocycles. The molecule has 3 N–H and O–H groups in total. The summed E-state index contributed by atoms with van der Waals surface area (Å²) in [5.41, 5.74) is -0.438. The first-order chi connectivity index (χ1) is 12.4. The van der Waals surface area contributed by atoms with Gasteiger partial charge in [0.15, 0.2) is 30.5 Å². The van der Waals surface area contributed by atoms with Crippen molar-refractivity contribution in [3.8, 4) is 0 Å². The summed E-state index contributed by atoms with van der Waals surface area (Å²) in [6.45, 7) is 2.66. The lowest BCUT2D eigenvalue weighted by Gasteiger charge is -2.17. The summed E-state index contributed by atoms with van der Waals surface area (Å²) in [5.74, 6) is -5.25. The van der Waals surface area contributed by atoms with Gasteiger partial charge in [-0.2, -0.15) is 0 Å². The summed E-state index contributed by atoms with van der Waals surface area (Å²) in [7, 11) is 0. The minimum absolute atomic E-state index is 0.0650. The molecule has 0 radical (unpaired) electrons. The van der Waals surface area contributed by atoms with Crippen LogP contribution < -0.4 is 15.5 Å². The van der Waals surface area contributed by atoms with E-state index in [1.807, 2.05) is 17.5 Å². The van der Waals surface area contributed by atoms with Crippen LogP contribution in [0.3, 0.4) is 0 Å². The molecule has 0 aliphatic carbocycles. The smallest absolute Gasteiger partial charge is 0.279 e. The predicted molar refractivity (Wildman–Crippen MR) is 92.3 cm³/mol. The number of anilines is 1. The van der Waals surface area contributed by atoms with Gasteiger partial charge in [0.2, 0.25) is 0 Å². The Morgan fingerprint density at radius 1 is 1.08 bits per heavy atom. The van der Waals surface area contributed by atoms with Crippen molar-refractivity contribution in [2.45, 2.75) is 13.5 Å². The number of nitrogens with one attached hydrogen (secondary N) is 3. The van der Waals surface area contributed by atoms with E-state index in [-0.39, 0.29) is 19.0 Å². The molecule has 1 aromatic carbocycles. The van der Waals surface area contributed by atoms with Gasteiger partial charge in [-0.05, 0) is 30.5 Å².